The molecule has 1 atom stereocenters. The zero-order valence-corrected chi connectivity index (χ0v) is 11.3. The summed E-state index contributed by atoms with van der Waals surface area (Å²) >= 11 is 0. The number of Topliss-reactive ketones (excluding diaryl/α,β-unsaturated/α-hetero) is 3. The molecule has 21 heavy (non-hydrogen) atoms. The first-order chi connectivity index (χ1) is 9.93. The van der Waals surface area contributed by atoms with Crippen molar-refractivity contribution < 1.29 is 29.4 Å². The summed E-state index contributed by atoms with van der Waals surface area (Å²) in [5.74, 6) is -3.19. The fourth-order valence-corrected chi connectivity index (χ4v) is 1.75. The molecule has 1 aliphatic rings. The number of hydrogen-bond donors (Lipinski definition) is 2. The SMILES string of the molecule is O=C(O)C(=O)C(O)c1ccccc1.O=C1CCCCC1=O. The molecule has 0 aromatic heterocycles. The molecule has 2 rings (SSSR count). The van der Waals surface area contributed by atoms with E-state index in [-0.39, 0.29) is 17.1 Å². The third kappa shape index (κ3) is 5.27. The molecule has 0 heterocycles. The Hall–Kier alpha value is -2.34. The Kier molecular flexibility index (Phi) is 6.42. The van der Waals surface area contributed by atoms with Gasteiger partial charge in [-0.3, -0.25) is 14.4 Å². The Morgan fingerprint density at radius 2 is 1.43 bits per heavy atom. The number of aliphatic hydroxyl groups excluding tert-OH is 1. The summed E-state index contributed by atoms with van der Waals surface area (Å²) in [6.07, 6.45) is 1.21. The van der Waals surface area contributed by atoms with Gasteiger partial charge in [0.1, 0.15) is 6.10 Å². The van der Waals surface area contributed by atoms with E-state index in [9.17, 15) is 24.3 Å². The quantitative estimate of drug-likeness (QED) is 0.807. The maximum absolute atomic E-state index is 10.8. The minimum atomic E-state index is -1.63. The molecule has 0 aliphatic heterocycles. The van der Waals surface area contributed by atoms with Gasteiger partial charge in [-0.25, -0.2) is 4.79 Å². The number of carbonyl (C=O) groups is 4. The van der Waals surface area contributed by atoms with Gasteiger partial charge in [0.05, 0.1) is 0 Å². The second kappa shape index (κ2) is 8.06. The molecule has 0 saturated heterocycles. The van der Waals surface area contributed by atoms with Crippen LogP contribution in [0.25, 0.3) is 0 Å². The van der Waals surface area contributed by atoms with Gasteiger partial charge in [0, 0.05) is 12.8 Å². The molecule has 0 radical (unpaired) electrons. The van der Waals surface area contributed by atoms with Gasteiger partial charge in [0.15, 0.2) is 11.6 Å². The number of aliphatic hydroxyl groups is 1. The largest absolute Gasteiger partial charge is 0.475 e. The Balaban J connectivity index is 0.000000235. The van der Waals surface area contributed by atoms with Crippen molar-refractivity contribution in [1.29, 1.82) is 0 Å². The molecule has 1 unspecified atom stereocenters. The number of carbonyl (C=O) groups excluding carboxylic acids is 3. The molecule has 1 aromatic carbocycles. The molecule has 6 heteroatoms. The van der Waals surface area contributed by atoms with Crippen LogP contribution in [0.5, 0.6) is 0 Å². The van der Waals surface area contributed by atoms with Gasteiger partial charge in [-0.05, 0) is 18.4 Å². The number of hydrogen-bond acceptors (Lipinski definition) is 5. The summed E-state index contributed by atoms with van der Waals surface area (Å²) in [5, 5.41) is 17.5. The average molecular weight is 292 g/mol. The van der Waals surface area contributed by atoms with Crippen LogP contribution >= 0.6 is 0 Å². The van der Waals surface area contributed by atoms with E-state index in [1.165, 1.54) is 12.1 Å². The highest BCUT2D eigenvalue weighted by molar-refractivity contribution is 6.37. The van der Waals surface area contributed by atoms with Crippen LogP contribution in [0.1, 0.15) is 37.4 Å². The minimum Gasteiger partial charge on any atom is -0.475 e. The van der Waals surface area contributed by atoms with Crippen LogP contribution in [-0.2, 0) is 19.2 Å². The smallest absolute Gasteiger partial charge is 0.375 e. The third-order valence-electron chi connectivity index (χ3n) is 2.94. The summed E-state index contributed by atoms with van der Waals surface area (Å²) in [6.45, 7) is 0. The van der Waals surface area contributed by atoms with Crippen LogP contribution in [0.3, 0.4) is 0 Å². The van der Waals surface area contributed by atoms with Crippen LogP contribution in [0, 0.1) is 0 Å². The highest BCUT2D eigenvalue weighted by Crippen LogP contribution is 2.12. The van der Waals surface area contributed by atoms with Crippen LogP contribution in [0.15, 0.2) is 30.3 Å². The molecular weight excluding hydrogens is 276 g/mol. The Labute approximate surface area is 121 Å². The minimum absolute atomic E-state index is 0.170. The summed E-state index contributed by atoms with van der Waals surface area (Å²) < 4.78 is 0. The van der Waals surface area contributed by atoms with Crippen molar-refractivity contribution in [2.24, 2.45) is 0 Å². The zero-order chi connectivity index (χ0) is 15.8. The molecule has 0 bridgehead atoms. The molecule has 2 N–H and O–H groups in total. The van der Waals surface area contributed by atoms with Crippen molar-refractivity contribution in [3.63, 3.8) is 0 Å². The predicted octanol–water partition coefficient (Wildman–Crippen LogP) is 1.07. The van der Waals surface area contributed by atoms with Gasteiger partial charge in [0.25, 0.3) is 5.78 Å². The van der Waals surface area contributed by atoms with E-state index in [1.54, 1.807) is 18.2 Å². The summed E-state index contributed by atoms with van der Waals surface area (Å²) in [5.41, 5.74) is 0.287. The molecule has 0 spiro atoms. The monoisotopic (exact) mass is 292 g/mol. The van der Waals surface area contributed by atoms with Gasteiger partial charge < -0.3 is 10.2 Å². The fourth-order valence-electron chi connectivity index (χ4n) is 1.75. The lowest BCUT2D eigenvalue weighted by Crippen LogP contribution is -2.21. The zero-order valence-electron chi connectivity index (χ0n) is 11.3. The van der Waals surface area contributed by atoms with E-state index in [1.807, 2.05) is 0 Å². The number of aliphatic carboxylic acids is 1. The van der Waals surface area contributed by atoms with Crippen molar-refractivity contribution in [1.82, 2.24) is 0 Å². The van der Waals surface area contributed by atoms with E-state index in [4.69, 9.17) is 5.11 Å². The van der Waals surface area contributed by atoms with Gasteiger partial charge >= 0.3 is 5.97 Å². The third-order valence-corrected chi connectivity index (χ3v) is 2.94. The van der Waals surface area contributed by atoms with E-state index in [0.29, 0.717) is 12.8 Å². The molecule has 1 aliphatic carbocycles. The van der Waals surface area contributed by atoms with Crippen molar-refractivity contribution >= 4 is 23.3 Å². The van der Waals surface area contributed by atoms with Gasteiger partial charge in [-0.1, -0.05) is 30.3 Å². The van der Waals surface area contributed by atoms with Gasteiger partial charge in [0.2, 0.25) is 0 Å². The highest BCUT2D eigenvalue weighted by atomic mass is 16.4. The highest BCUT2D eigenvalue weighted by Gasteiger charge is 2.23. The van der Waals surface area contributed by atoms with Crippen LogP contribution in [-0.4, -0.2) is 33.5 Å². The Morgan fingerprint density at radius 1 is 0.952 bits per heavy atom. The van der Waals surface area contributed by atoms with E-state index < -0.39 is 17.9 Å². The van der Waals surface area contributed by atoms with Crippen molar-refractivity contribution in [3.8, 4) is 0 Å². The topological polar surface area (TPSA) is 109 Å². The average Bonchev–Trinajstić information content (AvgIpc) is 2.50. The molecule has 0 amide bonds. The predicted molar refractivity (Wildman–Crippen MR) is 72.5 cm³/mol. The summed E-state index contributed by atoms with van der Waals surface area (Å²) in [6, 6.07) is 7.93. The van der Waals surface area contributed by atoms with E-state index in [2.05, 4.69) is 0 Å². The molecule has 1 saturated carbocycles. The first kappa shape index (κ1) is 16.7. The second-order valence-electron chi connectivity index (χ2n) is 4.54. The van der Waals surface area contributed by atoms with E-state index in [0.717, 1.165) is 12.8 Å². The molecule has 6 nitrogen and oxygen atoms in total. The van der Waals surface area contributed by atoms with Crippen molar-refractivity contribution in [2.75, 3.05) is 0 Å². The first-order valence-corrected chi connectivity index (χ1v) is 6.49. The summed E-state index contributed by atoms with van der Waals surface area (Å²) in [7, 11) is 0. The summed E-state index contributed by atoms with van der Waals surface area (Å²) in [4.78, 5) is 41.9. The first-order valence-electron chi connectivity index (χ1n) is 6.49. The lowest BCUT2D eigenvalue weighted by Gasteiger charge is -2.05. The van der Waals surface area contributed by atoms with Crippen LogP contribution < -0.4 is 0 Å². The van der Waals surface area contributed by atoms with Crippen LogP contribution in [0.2, 0.25) is 0 Å². The van der Waals surface area contributed by atoms with Crippen molar-refractivity contribution in [2.45, 2.75) is 31.8 Å². The van der Waals surface area contributed by atoms with Crippen molar-refractivity contribution in [3.05, 3.63) is 35.9 Å². The lowest BCUT2D eigenvalue weighted by molar-refractivity contribution is -0.153. The number of carboxylic acids is 1. The number of rotatable bonds is 3. The number of benzene rings is 1. The molecule has 1 aromatic rings. The lowest BCUT2D eigenvalue weighted by atomic mass is 9.98. The second-order valence-corrected chi connectivity index (χ2v) is 4.54. The van der Waals surface area contributed by atoms with Crippen LogP contribution in [0.4, 0.5) is 0 Å². The van der Waals surface area contributed by atoms with Gasteiger partial charge in [-0.15, -0.1) is 0 Å². The van der Waals surface area contributed by atoms with Gasteiger partial charge in [-0.2, -0.15) is 0 Å². The number of carboxylic acid groups (broad SMARTS) is 1. The standard InChI is InChI=1S/C9H8O4.C6H8O2/c10-7(8(11)9(12)13)6-4-2-1-3-5-6;7-5-3-1-2-4-6(5)8/h1-5,7,10H,(H,12,13);1-4H2. The molecular formula is C15H16O6. The molecule has 112 valence electrons. The normalized spacial score (nSPS) is 15.7. The Bertz CT molecular complexity index is 518. The maximum Gasteiger partial charge on any atom is 0.375 e. The van der Waals surface area contributed by atoms with E-state index >= 15 is 0 Å². The fraction of sp³-hybridized carbons (Fsp3) is 0.333. The number of ketones is 3. The maximum atomic E-state index is 10.8. The Morgan fingerprint density at radius 3 is 1.81 bits per heavy atom. The molecule has 1 fully saturated rings.